The number of aliphatic hydroxyl groups excluding tert-OH is 1. The zero-order valence-electron chi connectivity index (χ0n) is 11.9. The Balaban J connectivity index is 3.12. The zero-order valence-corrected chi connectivity index (χ0v) is 12.7. The Labute approximate surface area is 120 Å². The third-order valence-corrected chi connectivity index (χ3v) is 3.14. The van der Waals surface area contributed by atoms with Crippen LogP contribution < -0.4 is 10.5 Å². The van der Waals surface area contributed by atoms with Crippen LogP contribution in [-0.4, -0.2) is 34.4 Å². The lowest BCUT2D eigenvalue weighted by molar-refractivity contribution is 0.115. The highest BCUT2D eigenvalue weighted by atomic mass is 32.1. The molecule has 1 atom stereocenters. The maximum atomic E-state index is 9.70. The van der Waals surface area contributed by atoms with Crippen molar-refractivity contribution in [1.82, 2.24) is 4.90 Å². The Hall–Kier alpha value is -1.33. The minimum absolute atomic E-state index is 0.0546. The lowest BCUT2D eigenvalue weighted by Gasteiger charge is -2.42. The van der Waals surface area contributed by atoms with Crippen LogP contribution in [0, 0.1) is 0 Å². The number of rotatable bonds is 4. The molecule has 0 aliphatic heterocycles. The van der Waals surface area contributed by atoms with Gasteiger partial charge in [0.05, 0.1) is 19.8 Å². The lowest BCUT2D eigenvalue weighted by Crippen LogP contribution is -2.51. The predicted molar refractivity (Wildman–Crippen MR) is 81.2 cm³/mol. The van der Waals surface area contributed by atoms with Gasteiger partial charge in [0.15, 0.2) is 5.11 Å². The number of hydrogen-bond acceptors (Lipinski definition) is 3. The highest BCUT2D eigenvalue weighted by molar-refractivity contribution is 7.80. The molecular weight excluding hydrogens is 260 g/mol. The summed E-state index contributed by atoms with van der Waals surface area (Å²) in [5.41, 5.74) is 6.50. The van der Waals surface area contributed by atoms with Crippen molar-refractivity contribution < 1.29 is 9.84 Å². The molecule has 106 valence electrons. The third-order valence-electron chi connectivity index (χ3n) is 2.95. The molecule has 0 saturated carbocycles. The van der Waals surface area contributed by atoms with Crippen molar-refractivity contribution in [2.75, 3.05) is 13.7 Å². The Kier molecular flexibility index (Phi) is 5.14. The van der Waals surface area contributed by atoms with E-state index in [4.69, 9.17) is 22.7 Å². The van der Waals surface area contributed by atoms with Crippen LogP contribution in [0.15, 0.2) is 24.3 Å². The van der Waals surface area contributed by atoms with Crippen molar-refractivity contribution in [1.29, 1.82) is 0 Å². The molecule has 0 heterocycles. The van der Waals surface area contributed by atoms with Crippen molar-refractivity contribution in [3.05, 3.63) is 29.8 Å². The van der Waals surface area contributed by atoms with Crippen LogP contribution >= 0.6 is 12.2 Å². The van der Waals surface area contributed by atoms with Crippen LogP contribution in [0.2, 0.25) is 0 Å². The van der Waals surface area contributed by atoms with Gasteiger partial charge in [0.1, 0.15) is 5.75 Å². The summed E-state index contributed by atoms with van der Waals surface area (Å²) >= 11 is 5.12. The second kappa shape index (κ2) is 6.21. The molecular formula is C14H22N2O2S. The topological polar surface area (TPSA) is 58.7 Å². The van der Waals surface area contributed by atoms with E-state index < -0.39 is 0 Å². The summed E-state index contributed by atoms with van der Waals surface area (Å²) in [5.74, 6) is 0.776. The molecule has 0 fully saturated rings. The average Bonchev–Trinajstić information content (AvgIpc) is 2.34. The molecule has 3 N–H and O–H groups in total. The SMILES string of the molecule is COc1ccc([C@H](CO)N(C(N)=S)C(C)(C)C)cc1. The van der Waals surface area contributed by atoms with Gasteiger partial charge in [-0.2, -0.15) is 0 Å². The van der Waals surface area contributed by atoms with E-state index in [9.17, 15) is 5.11 Å². The van der Waals surface area contributed by atoms with Gasteiger partial charge < -0.3 is 20.5 Å². The standard InChI is InChI=1S/C14H22N2O2S/c1-14(2,3)16(13(15)19)12(9-17)10-5-7-11(18-4)8-6-10/h5-8,12,17H,9H2,1-4H3,(H2,15,19)/t12-/m0/s1. The maximum absolute atomic E-state index is 9.70. The van der Waals surface area contributed by atoms with Crippen molar-refractivity contribution in [2.24, 2.45) is 5.73 Å². The van der Waals surface area contributed by atoms with Crippen molar-refractivity contribution in [2.45, 2.75) is 32.4 Å². The number of ether oxygens (including phenoxy) is 1. The molecule has 5 heteroatoms. The Morgan fingerprint density at radius 2 is 1.89 bits per heavy atom. The van der Waals surface area contributed by atoms with Gasteiger partial charge in [0.2, 0.25) is 0 Å². The number of benzene rings is 1. The second-order valence-corrected chi connectivity index (χ2v) is 5.77. The van der Waals surface area contributed by atoms with Crippen LogP contribution in [0.5, 0.6) is 5.75 Å². The number of nitrogens with zero attached hydrogens (tertiary/aromatic N) is 1. The third kappa shape index (κ3) is 3.81. The van der Waals surface area contributed by atoms with Crippen molar-refractivity contribution in [3.63, 3.8) is 0 Å². The van der Waals surface area contributed by atoms with E-state index in [1.165, 1.54) is 0 Å². The Bertz CT molecular complexity index is 426. The van der Waals surface area contributed by atoms with Gasteiger partial charge in [-0.3, -0.25) is 0 Å². The molecule has 0 aromatic heterocycles. The first-order valence-electron chi connectivity index (χ1n) is 6.15. The normalized spacial score (nSPS) is 12.9. The predicted octanol–water partition coefficient (Wildman–Crippen LogP) is 2.07. The number of methoxy groups -OCH3 is 1. The van der Waals surface area contributed by atoms with E-state index in [1.807, 2.05) is 49.9 Å². The van der Waals surface area contributed by atoms with Gasteiger partial charge in [-0.15, -0.1) is 0 Å². The first kappa shape index (κ1) is 15.7. The molecule has 0 aliphatic rings. The Morgan fingerprint density at radius 3 is 2.21 bits per heavy atom. The molecule has 0 radical (unpaired) electrons. The molecule has 0 spiro atoms. The van der Waals surface area contributed by atoms with Crippen molar-refractivity contribution in [3.8, 4) is 5.75 Å². The maximum Gasteiger partial charge on any atom is 0.167 e. The molecule has 0 amide bonds. The molecule has 0 bridgehead atoms. The first-order valence-corrected chi connectivity index (χ1v) is 6.55. The number of thiocarbonyl (C=S) groups is 1. The minimum Gasteiger partial charge on any atom is -0.497 e. The van der Waals surface area contributed by atoms with Gasteiger partial charge >= 0.3 is 0 Å². The van der Waals surface area contributed by atoms with E-state index in [0.29, 0.717) is 0 Å². The molecule has 19 heavy (non-hydrogen) atoms. The van der Waals surface area contributed by atoms with E-state index in [0.717, 1.165) is 11.3 Å². The lowest BCUT2D eigenvalue weighted by atomic mass is 9.99. The van der Waals surface area contributed by atoms with E-state index in [2.05, 4.69) is 0 Å². The quantitative estimate of drug-likeness (QED) is 0.828. The monoisotopic (exact) mass is 282 g/mol. The largest absolute Gasteiger partial charge is 0.497 e. The summed E-state index contributed by atoms with van der Waals surface area (Å²) in [6, 6.07) is 7.29. The molecule has 0 aliphatic carbocycles. The average molecular weight is 282 g/mol. The minimum atomic E-state index is -0.265. The summed E-state index contributed by atoms with van der Waals surface area (Å²) < 4.78 is 5.13. The highest BCUT2D eigenvalue weighted by Gasteiger charge is 2.30. The fraction of sp³-hybridized carbons (Fsp3) is 0.500. The van der Waals surface area contributed by atoms with Crippen molar-refractivity contribution >= 4 is 17.3 Å². The highest BCUT2D eigenvalue weighted by Crippen LogP contribution is 2.28. The molecule has 1 rings (SSSR count). The van der Waals surface area contributed by atoms with E-state index >= 15 is 0 Å². The van der Waals surface area contributed by atoms with Crippen LogP contribution in [0.1, 0.15) is 32.4 Å². The zero-order chi connectivity index (χ0) is 14.6. The van der Waals surface area contributed by atoms with Gasteiger partial charge in [0.25, 0.3) is 0 Å². The second-order valence-electron chi connectivity index (χ2n) is 5.35. The first-order chi connectivity index (χ1) is 8.81. The fourth-order valence-electron chi connectivity index (χ4n) is 2.11. The van der Waals surface area contributed by atoms with Gasteiger partial charge in [0, 0.05) is 5.54 Å². The van der Waals surface area contributed by atoms with Crippen LogP contribution in [0.3, 0.4) is 0 Å². The molecule has 1 aromatic carbocycles. The molecule has 0 unspecified atom stereocenters. The van der Waals surface area contributed by atoms with E-state index in [-0.39, 0.29) is 23.3 Å². The summed E-state index contributed by atoms with van der Waals surface area (Å²) in [6.07, 6.45) is 0. The van der Waals surface area contributed by atoms with Gasteiger partial charge in [-0.05, 0) is 50.7 Å². The summed E-state index contributed by atoms with van der Waals surface area (Å²) in [5, 5.41) is 9.98. The summed E-state index contributed by atoms with van der Waals surface area (Å²) in [4.78, 5) is 1.85. The van der Waals surface area contributed by atoms with Gasteiger partial charge in [-0.25, -0.2) is 0 Å². The molecule has 4 nitrogen and oxygen atoms in total. The summed E-state index contributed by atoms with van der Waals surface area (Å²) in [7, 11) is 1.62. The Morgan fingerprint density at radius 1 is 1.37 bits per heavy atom. The van der Waals surface area contributed by atoms with Crippen LogP contribution in [0.25, 0.3) is 0 Å². The number of hydrogen-bond donors (Lipinski definition) is 2. The molecule has 0 saturated heterocycles. The van der Waals surface area contributed by atoms with E-state index in [1.54, 1.807) is 7.11 Å². The number of nitrogens with two attached hydrogens (primary N) is 1. The molecule has 1 aromatic rings. The van der Waals surface area contributed by atoms with Crippen LogP contribution in [-0.2, 0) is 0 Å². The van der Waals surface area contributed by atoms with Gasteiger partial charge in [-0.1, -0.05) is 12.1 Å². The number of aliphatic hydroxyl groups is 1. The summed E-state index contributed by atoms with van der Waals surface area (Å²) in [6.45, 7) is 5.98. The van der Waals surface area contributed by atoms with Crippen LogP contribution in [0.4, 0.5) is 0 Å². The smallest absolute Gasteiger partial charge is 0.167 e. The fourth-order valence-corrected chi connectivity index (χ4v) is 2.51.